The summed E-state index contributed by atoms with van der Waals surface area (Å²) in [6, 6.07) is 0. The molecule has 2 heteroatoms. The molecule has 0 N–H and O–H groups in total. The van der Waals surface area contributed by atoms with Crippen molar-refractivity contribution in [2.24, 2.45) is 0 Å². The molecule has 0 amide bonds. The van der Waals surface area contributed by atoms with Crippen LogP contribution in [0.15, 0.2) is 22.3 Å². The smallest absolute Gasteiger partial charge is 1.00 e. The number of rotatable bonds is 0. The van der Waals surface area contributed by atoms with Crippen molar-refractivity contribution in [2.45, 2.75) is 27.7 Å². The monoisotopic (exact) mass is 170 g/mol. The van der Waals surface area contributed by atoms with E-state index in [4.69, 9.17) is 0 Å². The second kappa shape index (κ2) is 4.24. The molecule has 1 aliphatic rings. The molecule has 0 radical (unpaired) electrons. The second-order valence-corrected chi connectivity index (χ2v) is 2.50. The quantitative estimate of drug-likeness (QED) is 0.422. The topological polar surface area (TPSA) is 0 Å². The van der Waals surface area contributed by atoms with Crippen molar-refractivity contribution in [1.82, 2.24) is 0 Å². The Morgan fingerprint density at radius 3 is 0.800 bits per heavy atom. The molecule has 0 bridgehead atoms. The van der Waals surface area contributed by atoms with Crippen molar-refractivity contribution >= 4 is 17.4 Å². The first-order valence-corrected chi connectivity index (χ1v) is 3.00. The summed E-state index contributed by atoms with van der Waals surface area (Å²) < 4.78 is 0. The van der Waals surface area contributed by atoms with E-state index in [0.29, 0.717) is 0 Å². The molecular weight excluding hydrogens is 159 g/mol. The summed E-state index contributed by atoms with van der Waals surface area (Å²) in [6.45, 7) is 8.71. The molecule has 1 aliphatic carbocycles. The van der Waals surface area contributed by atoms with Crippen molar-refractivity contribution in [2.75, 3.05) is 0 Å². The van der Waals surface area contributed by atoms with E-state index in [1.54, 1.807) is 0 Å². The Morgan fingerprint density at radius 2 is 0.700 bits per heavy atom. The van der Waals surface area contributed by atoms with Gasteiger partial charge in [0, 0.05) is 0 Å². The van der Waals surface area contributed by atoms with Crippen LogP contribution in [0.2, 0.25) is 0 Å². The fraction of sp³-hybridized carbons (Fsp3) is 0.500. The minimum atomic E-state index is 0. The Bertz CT molecular complexity index is 136. The van der Waals surface area contributed by atoms with Gasteiger partial charge in [-0.25, -0.2) is 0 Å². The summed E-state index contributed by atoms with van der Waals surface area (Å²) in [6.07, 6.45) is 0. The Hall–Kier alpha value is 0.302. The zero-order chi connectivity index (χ0) is 6.31. The van der Waals surface area contributed by atoms with Gasteiger partial charge in [0.1, 0.15) is 0 Å². The molecule has 0 heterocycles. The van der Waals surface area contributed by atoms with E-state index in [1.807, 2.05) is 0 Å². The van der Waals surface area contributed by atoms with Crippen LogP contribution in [-0.4, -0.2) is 17.4 Å². The first kappa shape index (κ1) is 12.9. The zero-order valence-electron chi connectivity index (χ0n) is 6.96. The van der Waals surface area contributed by atoms with Gasteiger partial charge in [-0.05, 0) is 50.0 Å². The van der Waals surface area contributed by atoms with Crippen LogP contribution < -0.4 is 12.4 Å². The zero-order valence-corrected chi connectivity index (χ0v) is 8.87. The third kappa shape index (κ3) is 1.67. The maximum Gasteiger partial charge on any atom is 3.00 e. The second-order valence-electron chi connectivity index (χ2n) is 2.50. The number of hydrogen-bond acceptors (Lipinski definition) is 0. The molecule has 0 atom stereocenters. The largest absolute Gasteiger partial charge is 3.00 e. The van der Waals surface area contributed by atoms with Gasteiger partial charge in [0.15, 0.2) is 0 Å². The van der Waals surface area contributed by atoms with E-state index in [-0.39, 0.29) is 29.8 Å². The Balaban J connectivity index is 0. The van der Waals surface area contributed by atoms with Crippen LogP contribution in [0.4, 0.5) is 0 Å². The molecular formula is C8H12AlCl+2. The first-order valence-electron chi connectivity index (χ1n) is 3.00. The number of halogens is 1. The van der Waals surface area contributed by atoms with Crippen LogP contribution in [0.1, 0.15) is 27.7 Å². The van der Waals surface area contributed by atoms with E-state index in [9.17, 15) is 0 Å². The van der Waals surface area contributed by atoms with Gasteiger partial charge in [-0.3, -0.25) is 0 Å². The van der Waals surface area contributed by atoms with E-state index in [2.05, 4.69) is 27.7 Å². The third-order valence-corrected chi connectivity index (χ3v) is 2.25. The average Bonchev–Trinajstić information content (AvgIpc) is 1.83. The molecule has 10 heavy (non-hydrogen) atoms. The maximum atomic E-state index is 2.18. The van der Waals surface area contributed by atoms with Crippen molar-refractivity contribution < 1.29 is 12.4 Å². The molecule has 0 nitrogen and oxygen atoms in total. The Kier molecular flexibility index (Phi) is 5.48. The molecule has 0 saturated heterocycles. The predicted octanol–water partition coefficient (Wildman–Crippen LogP) is -0.704. The minimum Gasteiger partial charge on any atom is -1.00 e. The average molecular weight is 171 g/mol. The van der Waals surface area contributed by atoms with E-state index in [1.165, 1.54) is 22.3 Å². The minimum absolute atomic E-state index is 0. The van der Waals surface area contributed by atoms with Crippen molar-refractivity contribution in [1.29, 1.82) is 0 Å². The Labute approximate surface area is 79.9 Å². The van der Waals surface area contributed by atoms with Crippen LogP contribution in [0.5, 0.6) is 0 Å². The van der Waals surface area contributed by atoms with Gasteiger partial charge in [-0.1, -0.05) is 0 Å². The standard InChI is InChI=1S/C8H12.Al.ClH/c1-5-6(2)8(4)7(5)3;;/h1-4H3;;1H/q;+3;/p-1. The molecule has 1 rings (SSSR count). The molecule has 0 aromatic carbocycles. The maximum absolute atomic E-state index is 2.18. The van der Waals surface area contributed by atoms with Gasteiger partial charge < -0.3 is 12.4 Å². The van der Waals surface area contributed by atoms with E-state index < -0.39 is 0 Å². The van der Waals surface area contributed by atoms with Gasteiger partial charge >= 0.3 is 17.4 Å². The van der Waals surface area contributed by atoms with Crippen molar-refractivity contribution in [3.05, 3.63) is 22.3 Å². The van der Waals surface area contributed by atoms with Crippen LogP contribution in [-0.2, 0) is 0 Å². The van der Waals surface area contributed by atoms with Gasteiger partial charge in [-0.15, -0.1) is 0 Å². The summed E-state index contributed by atoms with van der Waals surface area (Å²) >= 11 is 0. The molecule has 0 aromatic rings. The summed E-state index contributed by atoms with van der Waals surface area (Å²) in [5.41, 5.74) is 5.95. The Morgan fingerprint density at radius 1 is 0.600 bits per heavy atom. The summed E-state index contributed by atoms with van der Waals surface area (Å²) in [5.74, 6) is 0. The van der Waals surface area contributed by atoms with Crippen LogP contribution in [0.3, 0.4) is 0 Å². The van der Waals surface area contributed by atoms with Gasteiger partial charge in [0.2, 0.25) is 0 Å². The molecule has 0 aromatic heterocycles. The van der Waals surface area contributed by atoms with Crippen molar-refractivity contribution in [3.63, 3.8) is 0 Å². The van der Waals surface area contributed by atoms with Crippen LogP contribution in [0, 0.1) is 0 Å². The summed E-state index contributed by atoms with van der Waals surface area (Å²) in [4.78, 5) is 0. The number of allylic oxidation sites excluding steroid dienone is 4. The fourth-order valence-corrected chi connectivity index (χ4v) is 1.06. The van der Waals surface area contributed by atoms with Crippen LogP contribution in [0.25, 0.3) is 0 Å². The first-order chi connectivity index (χ1) is 3.64. The van der Waals surface area contributed by atoms with Crippen LogP contribution >= 0.6 is 0 Å². The summed E-state index contributed by atoms with van der Waals surface area (Å²) in [7, 11) is 0. The molecule has 0 unspecified atom stereocenters. The summed E-state index contributed by atoms with van der Waals surface area (Å²) in [5, 5.41) is 0. The van der Waals surface area contributed by atoms with E-state index >= 15 is 0 Å². The predicted molar refractivity (Wildman–Crippen MR) is 42.5 cm³/mol. The number of hydrogen-bond donors (Lipinski definition) is 0. The third-order valence-electron chi connectivity index (χ3n) is 2.25. The molecule has 0 fully saturated rings. The normalized spacial score (nSPS) is 15.6. The molecule has 0 spiro atoms. The molecule has 52 valence electrons. The van der Waals surface area contributed by atoms with Gasteiger partial charge in [0.05, 0.1) is 0 Å². The fourth-order valence-electron chi connectivity index (χ4n) is 1.06. The van der Waals surface area contributed by atoms with E-state index in [0.717, 1.165) is 0 Å². The molecule has 0 aliphatic heterocycles. The van der Waals surface area contributed by atoms with Gasteiger partial charge in [-0.2, -0.15) is 0 Å². The van der Waals surface area contributed by atoms with Crippen molar-refractivity contribution in [3.8, 4) is 0 Å². The SMILES string of the molecule is CC1=C(C)C(C)=C1C.[Al+3].[Cl-]. The molecule has 0 saturated carbocycles. The van der Waals surface area contributed by atoms with Gasteiger partial charge in [0.25, 0.3) is 0 Å².